The summed E-state index contributed by atoms with van der Waals surface area (Å²) in [7, 11) is 0. The first-order valence-electron chi connectivity index (χ1n) is 10.3. The van der Waals surface area contributed by atoms with Gasteiger partial charge in [0.2, 0.25) is 17.7 Å². The maximum absolute atomic E-state index is 12.6. The van der Waals surface area contributed by atoms with Crippen LogP contribution in [0.5, 0.6) is 0 Å². The van der Waals surface area contributed by atoms with E-state index in [1.807, 2.05) is 20.8 Å². The van der Waals surface area contributed by atoms with E-state index in [1.165, 1.54) is 4.90 Å². The van der Waals surface area contributed by atoms with E-state index < -0.39 is 5.60 Å². The molecule has 0 spiro atoms. The van der Waals surface area contributed by atoms with Gasteiger partial charge in [-0.1, -0.05) is 12.1 Å². The Labute approximate surface area is 176 Å². The van der Waals surface area contributed by atoms with Gasteiger partial charge in [-0.05, 0) is 51.3 Å². The van der Waals surface area contributed by atoms with E-state index in [1.54, 1.807) is 29.2 Å². The third kappa shape index (κ3) is 5.58. The molecule has 2 fully saturated rings. The van der Waals surface area contributed by atoms with E-state index in [4.69, 9.17) is 4.74 Å². The Morgan fingerprint density at radius 2 is 1.60 bits per heavy atom. The average molecular weight is 415 g/mol. The van der Waals surface area contributed by atoms with Gasteiger partial charge in [-0.15, -0.1) is 0 Å². The Morgan fingerprint density at radius 3 is 2.13 bits per heavy atom. The van der Waals surface area contributed by atoms with Crippen molar-refractivity contribution in [2.45, 2.75) is 58.6 Å². The predicted octanol–water partition coefficient (Wildman–Crippen LogP) is 2.92. The van der Waals surface area contributed by atoms with Crippen LogP contribution in [-0.4, -0.2) is 52.3 Å². The van der Waals surface area contributed by atoms with Gasteiger partial charge < -0.3 is 15.0 Å². The van der Waals surface area contributed by atoms with Crippen LogP contribution in [0.3, 0.4) is 0 Å². The van der Waals surface area contributed by atoms with Gasteiger partial charge in [-0.25, -0.2) is 4.79 Å². The lowest BCUT2D eigenvalue weighted by Gasteiger charge is -2.32. The number of amides is 4. The smallest absolute Gasteiger partial charge is 0.410 e. The summed E-state index contributed by atoms with van der Waals surface area (Å²) in [6.07, 6.45) is 1.39. The second-order valence-electron chi connectivity index (χ2n) is 8.80. The molecule has 0 atom stereocenters. The van der Waals surface area contributed by atoms with E-state index in [9.17, 15) is 19.2 Å². The molecule has 8 nitrogen and oxygen atoms in total. The fraction of sp³-hybridized carbons (Fsp3) is 0.545. The molecular weight excluding hydrogens is 386 g/mol. The number of hydrogen-bond donors (Lipinski definition) is 1. The molecule has 8 heteroatoms. The number of imide groups is 1. The molecule has 2 aliphatic heterocycles. The fourth-order valence-corrected chi connectivity index (χ4v) is 3.57. The molecular formula is C22H29N3O5. The molecule has 2 aliphatic rings. The van der Waals surface area contributed by atoms with Gasteiger partial charge in [0.05, 0.1) is 6.54 Å². The van der Waals surface area contributed by atoms with Gasteiger partial charge in [0.25, 0.3) is 0 Å². The molecule has 0 bridgehead atoms. The van der Waals surface area contributed by atoms with E-state index in [-0.39, 0.29) is 49.1 Å². The van der Waals surface area contributed by atoms with Crippen LogP contribution in [0.15, 0.2) is 24.3 Å². The summed E-state index contributed by atoms with van der Waals surface area (Å²) < 4.78 is 5.38. The molecule has 1 aromatic carbocycles. The first-order chi connectivity index (χ1) is 14.1. The van der Waals surface area contributed by atoms with Crippen molar-refractivity contribution < 1.29 is 23.9 Å². The highest BCUT2D eigenvalue weighted by Crippen LogP contribution is 2.22. The summed E-state index contributed by atoms with van der Waals surface area (Å²) in [6.45, 7) is 6.73. The van der Waals surface area contributed by atoms with Gasteiger partial charge in [0, 0.05) is 37.5 Å². The van der Waals surface area contributed by atoms with Crippen LogP contribution in [0.25, 0.3) is 0 Å². The van der Waals surface area contributed by atoms with Gasteiger partial charge in [0.1, 0.15) is 5.60 Å². The lowest BCUT2D eigenvalue weighted by atomic mass is 9.96. The minimum atomic E-state index is -0.535. The molecule has 0 unspecified atom stereocenters. The molecule has 3 rings (SSSR count). The number of carbonyl (C=O) groups is 4. The van der Waals surface area contributed by atoms with E-state index in [0.717, 1.165) is 5.56 Å². The zero-order valence-electron chi connectivity index (χ0n) is 17.8. The highest BCUT2D eigenvalue weighted by Gasteiger charge is 2.30. The Morgan fingerprint density at radius 1 is 1.03 bits per heavy atom. The largest absolute Gasteiger partial charge is 0.444 e. The van der Waals surface area contributed by atoms with E-state index in [2.05, 4.69) is 5.32 Å². The summed E-state index contributed by atoms with van der Waals surface area (Å²) in [4.78, 5) is 51.1. The Bertz CT molecular complexity index is 804. The van der Waals surface area contributed by atoms with Crippen LogP contribution in [0, 0.1) is 5.92 Å². The maximum Gasteiger partial charge on any atom is 0.410 e. The fourth-order valence-electron chi connectivity index (χ4n) is 3.57. The minimum absolute atomic E-state index is 0.0727. The molecule has 30 heavy (non-hydrogen) atoms. The number of anilines is 1. The number of nitrogens with zero attached hydrogens (tertiary/aromatic N) is 2. The third-order valence-corrected chi connectivity index (χ3v) is 5.23. The summed E-state index contributed by atoms with van der Waals surface area (Å²) in [5, 5.41) is 2.91. The van der Waals surface area contributed by atoms with Crippen molar-refractivity contribution >= 4 is 29.5 Å². The third-order valence-electron chi connectivity index (χ3n) is 5.23. The number of likely N-dealkylation sites (tertiary alicyclic amines) is 2. The summed E-state index contributed by atoms with van der Waals surface area (Å²) in [5.74, 6) is -0.523. The first kappa shape index (κ1) is 21.8. The lowest BCUT2D eigenvalue weighted by molar-refractivity contribution is -0.139. The quantitative estimate of drug-likeness (QED) is 0.763. The number of hydrogen-bond acceptors (Lipinski definition) is 5. The molecule has 2 saturated heterocycles. The van der Waals surface area contributed by atoms with E-state index in [0.29, 0.717) is 31.6 Å². The Kier molecular flexibility index (Phi) is 6.43. The number of nitrogens with one attached hydrogen (secondary N) is 1. The second kappa shape index (κ2) is 8.85. The standard InChI is InChI=1S/C22H29N3O5/c1-22(2,3)30-21(29)24-12-10-16(11-13-24)20(28)23-17-6-4-15(5-7-17)14-25-18(26)8-9-19(25)27/h4-7,16H,8-14H2,1-3H3,(H,23,28). The van der Waals surface area contributed by atoms with Gasteiger partial charge in [0.15, 0.2) is 0 Å². The van der Waals surface area contributed by atoms with Crippen molar-refractivity contribution in [3.8, 4) is 0 Å². The molecule has 4 amide bonds. The summed E-state index contributed by atoms with van der Waals surface area (Å²) in [5.41, 5.74) is 0.965. The van der Waals surface area contributed by atoms with Gasteiger partial charge >= 0.3 is 6.09 Å². The van der Waals surface area contributed by atoms with E-state index >= 15 is 0 Å². The van der Waals surface area contributed by atoms with Crippen molar-refractivity contribution in [3.63, 3.8) is 0 Å². The molecule has 0 saturated carbocycles. The molecule has 0 aliphatic carbocycles. The molecule has 2 heterocycles. The molecule has 0 aromatic heterocycles. The SMILES string of the molecule is CC(C)(C)OC(=O)N1CCC(C(=O)Nc2ccc(CN3C(=O)CCC3=O)cc2)CC1. The number of benzene rings is 1. The van der Waals surface area contributed by atoms with Crippen molar-refractivity contribution in [1.29, 1.82) is 0 Å². The molecule has 1 aromatic rings. The zero-order chi connectivity index (χ0) is 21.9. The number of rotatable bonds is 4. The highest BCUT2D eigenvalue weighted by atomic mass is 16.6. The van der Waals surface area contributed by atoms with Gasteiger partial charge in [-0.3, -0.25) is 19.3 Å². The van der Waals surface area contributed by atoms with Crippen LogP contribution in [0.1, 0.15) is 52.0 Å². The van der Waals surface area contributed by atoms with Crippen molar-refractivity contribution in [1.82, 2.24) is 9.80 Å². The molecule has 162 valence electrons. The molecule has 0 radical (unpaired) electrons. The van der Waals surface area contributed by atoms with Crippen LogP contribution in [-0.2, 0) is 25.7 Å². The number of piperidine rings is 1. The Balaban J connectivity index is 1.48. The lowest BCUT2D eigenvalue weighted by Crippen LogP contribution is -2.43. The topological polar surface area (TPSA) is 96.0 Å². The number of ether oxygens (including phenoxy) is 1. The second-order valence-corrected chi connectivity index (χ2v) is 8.80. The monoisotopic (exact) mass is 415 g/mol. The maximum atomic E-state index is 12.6. The average Bonchev–Trinajstić information content (AvgIpc) is 3.00. The normalized spacial score (nSPS) is 18.0. The van der Waals surface area contributed by atoms with Crippen LogP contribution in [0.2, 0.25) is 0 Å². The van der Waals surface area contributed by atoms with Crippen molar-refractivity contribution in [3.05, 3.63) is 29.8 Å². The zero-order valence-corrected chi connectivity index (χ0v) is 17.8. The summed E-state index contributed by atoms with van der Waals surface area (Å²) >= 11 is 0. The van der Waals surface area contributed by atoms with Crippen molar-refractivity contribution in [2.24, 2.45) is 5.92 Å². The van der Waals surface area contributed by atoms with Crippen molar-refractivity contribution in [2.75, 3.05) is 18.4 Å². The number of carbonyl (C=O) groups excluding carboxylic acids is 4. The Hall–Kier alpha value is -2.90. The summed E-state index contributed by atoms with van der Waals surface area (Å²) in [6, 6.07) is 7.15. The van der Waals surface area contributed by atoms with Crippen LogP contribution in [0.4, 0.5) is 10.5 Å². The van der Waals surface area contributed by atoms with Crippen LogP contribution >= 0.6 is 0 Å². The van der Waals surface area contributed by atoms with Crippen LogP contribution < -0.4 is 5.32 Å². The predicted molar refractivity (Wildman–Crippen MR) is 110 cm³/mol. The minimum Gasteiger partial charge on any atom is -0.444 e. The molecule has 1 N–H and O–H groups in total. The highest BCUT2D eigenvalue weighted by molar-refractivity contribution is 6.01. The first-order valence-corrected chi connectivity index (χ1v) is 10.3. The van der Waals surface area contributed by atoms with Gasteiger partial charge in [-0.2, -0.15) is 0 Å².